The zero-order chi connectivity index (χ0) is 19.7. The van der Waals surface area contributed by atoms with E-state index >= 15 is 0 Å². The van der Waals surface area contributed by atoms with E-state index in [4.69, 9.17) is 9.47 Å². The number of fused-ring (bicyclic) bond motifs is 1. The van der Waals surface area contributed by atoms with Crippen molar-refractivity contribution in [2.45, 2.75) is 27.4 Å². The van der Waals surface area contributed by atoms with E-state index in [2.05, 4.69) is 31.2 Å². The molecule has 0 aliphatic carbocycles. The SMILES string of the molecule is Cc1ccc(COc2ccc3c(c2C)O/C(=C\c2cccc(C)c2)C3=O)cc1. The monoisotopic (exact) mass is 370 g/mol. The van der Waals surface area contributed by atoms with Crippen molar-refractivity contribution in [3.63, 3.8) is 0 Å². The van der Waals surface area contributed by atoms with Crippen molar-refractivity contribution in [1.29, 1.82) is 0 Å². The molecule has 3 nitrogen and oxygen atoms in total. The summed E-state index contributed by atoms with van der Waals surface area (Å²) in [5.41, 5.74) is 5.83. The van der Waals surface area contributed by atoms with Crippen LogP contribution in [0.3, 0.4) is 0 Å². The van der Waals surface area contributed by atoms with E-state index in [1.165, 1.54) is 5.56 Å². The Balaban J connectivity index is 1.57. The van der Waals surface area contributed by atoms with Crippen molar-refractivity contribution in [3.8, 4) is 11.5 Å². The summed E-state index contributed by atoms with van der Waals surface area (Å²) in [4.78, 5) is 12.7. The second-order valence-electron chi connectivity index (χ2n) is 7.19. The molecule has 0 bridgehead atoms. The molecule has 1 heterocycles. The molecule has 1 aliphatic rings. The number of hydrogen-bond donors (Lipinski definition) is 0. The molecule has 0 saturated carbocycles. The van der Waals surface area contributed by atoms with Crippen LogP contribution in [0, 0.1) is 20.8 Å². The lowest BCUT2D eigenvalue weighted by Gasteiger charge is -2.11. The Labute approximate surface area is 165 Å². The number of ether oxygens (including phenoxy) is 2. The Morgan fingerprint density at radius 3 is 2.46 bits per heavy atom. The molecular formula is C25H22O3. The summed E-state index contributed by atoms with van der Waals surface area (Å²) in [6.45, 7) is 6.48. The third-order valence-corrected chi connectivity index (χ3v) is 4.89. The van der Waals surface area contributed by atoms with Crippen LogP contribution in [0.1, 0.15) is 38.2 Å². The van der Waals surface area contributed by atoms with Crippen molar-refractivity contribution in [2.75, 3.05) is 0 Å². The van der Waals surface area contributed by atoms with Crippen molar-refractivity contribution >= 4 is 11.9 Å². The van der Waals surface area contributed by atoms with Crippen LogP contribution in [0.5, 0.6) is 11.5 Å². The lowest BCUT2D eigenvalue weighted by atomic mass is 10.1. The Bertz CT molecular complexity index is 1080. The largest absolute Gasteiger partial charge is 0.488 e. The second-order valence-corrected chi connectivity index (χ2v) is 7.19. The number of rotatable bonds is 4. The van der Waals surface area contributed by atoms with Gasteiger partial charge in [0.15, 0.2) is 5.76 Å². The summed E-state index contributed by atoms with van der Waals surface area (Å²) in [6, 6.07) is 19.9. The van der Waals surface area contributed by atoms with Gasteiger partial charge in [-0.15, -0.1) is 0 Å². The number of Topliss-reactive ketones (excluding diaryl/α,β-unsaturated/α-hetero) is 1. The maximum atomic E-state index is 12.7. The fourth-order valence-corrected chi connectivity index (χ4v) is 3.28. The number of hydrogen-bond acceptors (Lipinski definition) is 3. The van der Waals surface area contributed by atoms with Crippen LogP contribution in [-0.4, -0.2) is 5.78 Å². The van der Waals surface area contributed by atoms with E-state index in [0.717, 1.165) is 28.0 Å². The lowest BCUT2D eigenvalue weighted by Crippen LogP contribution is -1.98. The summed E-state index contributed by atoms with van der Waals surface area (Å²) >= 11 is 0. The van der Waals surface area contributed by atoms with E-state index in [1.54, 1.807) is 12.1 Å². The molecule has 4 rings (SSSR count). The fraction of sp³-hybridized carbons (Fsp3) is 0.160. The maximum Gasteiger partial charge on any atom is 0.231 e. The van der Waals surface area contributed by atoms with Gasteiger partial charge in [0.1, 0.15) is 18.1 Å². The highest BCUT2D eigenvalue weighted by molar-refractivity contribution is 6.14. The van der Waals surface area contributed by atoms with E-state index in [9.17, 15) is 4.79 Å². The van der Waals surface area contributed by atoms with Crippen LogP contribution in [0.25, 0.3) is 6.08 Å². The maximum absolute atomic E-state index is 12.7. The van der Waals surface area contributed by atoms with Gasteiger partial charge < -0.3 is 9.47 Å². The van der Waals surface area contributed by atoms with Crippen LogP contribution in [0.2, 0.25) is 0 Å². The minimum atomic E-state index is -0.0929. The molecule has 0 aromatic heterocycles. The standard InChI is InChI=1S/C25H22O3/c1-16-7-9-19(10-8-16)15-27-22-12-11-21-24(26)23(28-25(21)18(22)3)14-20-6-4-5-17(2)13-20/h4-14H,15H2,1-3H3/b23-14-. The molecule has 3 aromatic carbocycles. The van der Waals surface area contributed by atoms with E-state index in [0.29, 0.717) is 23.7 Å². The van der Waals surface area contributed by atoms with Gasteiger partial charge in [0.25, 0.3) is 0 Å². The predicted molar refractivity (Wildman–Crippen MR) is 111 cm³/mol. The lowest BCUT2D eigenvalue weighted by molar-refractivity contribution is 0.101. The minimum absolute atomic E-state index is 0.0929. The van der Waals surface area contributed by atoms with Crippen LogP contribution in [-0.2, 0) is 6.61 Å². The molecule has 3 heteroatoms. The van der Waals surface area contributed by atoms with Gasteiger partial charge in [-0.1, -0.05) is 59.7 Å². The van der Waals surface area contributed by atoms with Gasteiger partial charge in [-0.2, -0.15) is 0 Å². The second kappa shape index (κ2) is 7.35. The van der Waals surface area contributed by atoms with E-state index in [1.807, 2.05) is 44.2 Å². The normalized spacial score (nSPS) is 14.1. The van der Waals surface area contributed by atoms with Crippen LogP contribution in [0.15, 0.2) is 66.4 Å². The first kappa shape index (κ1) is 18.1. The van der Waals surface area contributed by atoms with E-state index in [-0.39, 0.29) is 5.78 Å². The average molecular weight is 370 g/mol. The number of ketones is 1. The van der Waals surface area contributed by atoms with Gasteiger partial charge in [0, 0.05) is 5.56 Å². The summed E-state index contributed by atoms with van der Waals surface area (Å²) in [7, 11) is 0. The highest BCUT2D eigenvalue weighted by atomic mass is 16.5. The summed E-state index contributed by atoms with van der Waals surface area (Å²) in [6.07, 6.45) is 1.79. The molecule has 0 atom stereocenters. The van der Waals surface area contributed by atoms with Crippen molar-refractivity contribution in [2.24, 2.45) is 0 Å². The Morgan fingerprint density at radius 2 is 1.71 bits per heavy atom. The smallest absolute Gasteiger partial charge is 0.231 e. The van der Waals surface area contributed by atoms with Crippen molar-refractivity contribution in [1.82, 2.24) is 0 Å². The highest BCUT2D eigenvalue weighted by Gasteiger charge is 2.30. The topological polar surface area (TPSA) is 35.5 Å². The molecule has 0 spiro atoms. The van der Waals surface area contributed by atoms with Crippen LogP contribution < -0.4 is 9.47 Å². The third-order valence-electron chi connectivity index (χ3n) is 4.89. The first-order valence-corrected chi connectivity index (χ1v) is 9.34. The first-order chi connectivity index (χ1) is 13.5. The molecule has 0 saturated heterocycles. The first-order valence-electron chi connectivity index (χ1n) is 9.34. The Morgan fingerprint density at radius 1 is 0.929 bits per heavy atom. The molecule has 1 aliphatic heterocycles. The minimum Gasteiger partial charge on any atom is -0.488 e. The summed E-state index contributed by atoms with van der Waals surface area (Å²) < 4.78 is 11.9. The van der Waals surface area contributed by atoms with Gasteiger partial charge in [0.2, 0.25) is 5.78 Å². The van der Waals surface area contributed by atoms with Crippen LogP contribution in [0.4, 0.5) is 0 Å². The van der Waals surface area contributed by atoms with Gasteiger partial charge in [-0.3, -0.25) is 4.79 Å². The van der Waals surface area contributed by atoms with Gasteiger partial charge >= 0.3 is 0 Å². The fourth-order valence-electron chi connectivity index (χ4n) is 3.28. The predicted octanol–water partition coefficient (Wildman–Crippen LogP) is 5.81. The van der Waals surface area contributed by atoms with Gasteiger partial charge in [-0.25, -0.2) is 0 Å². The number of carbonyl (C=O) groups is 1. The van der Waals surface area contributed by atoms with Crippen molar-refractivity contribution < 1.29 is 14.3 Å². The zero-order valence-corrected chi connectivity index (χ0v) is 16.3. The molecule has 0 unspecified atom stereocenters. The molecule has 28 heavy (non-hydrogen) atoms. The Hall–Kier alpha value is -3.33. The highest BCUT2D eigenvalue weighted by Crippen LogP contribution is 2.39. The molecule has 140 valence electrons. The number of benzene rings is 3. The summed E-state index contributed by atoms with van der Waals surface area (Å²) in [5.74, 6) is 1.57. The summed E-state index contributed by atoms with van der Waals surface area (Å²) in [5, 5.41) is 0. The average Bonchev–Trinajstić information content (AvgIpc) is 2.99. The molecule has 0 fully saturated rings. The van der Waals surface area contributed by atoms with Crippen molar-refractivity contribution in [3.05, 3.63) is 99.8 Å². The molecule has 3 aromatic rings. The molecule has 0 radical (unpaired) electrons. The number of aryl methyl sites for hydroxylation is 2. The van der Waals surface area contributed by atoms with Gasteiger partial charge in [0.05, 0.1) is 5.56 Å². The third kappa shape index (κ3) is 3.56. The molecule has 0 N–H and O–H groups in total. The van der Waals surface area contributed by atoms with E-state index < -0.39 is 0 Å². The van der Waals surface area contributed by atoms with Gasteiger partial charge in [-0.05, 0) is 50.1 Å². The molecular weight excluding hydrogens is 348 g/mol. The number of allylic oxidation sites excluding steroid dienone is 1. The molecule has 0 amide bonds. The number of carbonyl (C=O) groups excluding carboxylic acids is 1. The van der Waals surface area contributed by atoms with Crippen LogP contribution >= 0.6 is 0 Å². The Kier molecular flexibility index (Phi) is 4.74. The quantitative estimate of drug-likeness (QED) is 0.544. The zero-order valence-electron chi connectivity index (χ0n) is 16.3.